The Balaban J connectivity index is 1.93. The lowest BCUT2D eigenvalue weighted by molar-refractivity contribution is 0.104. The van der Waals surface area contributed by atoms with Crippen molar-refractivity contribution in [3.8, 4) is 0 Å². The normalized spacial score (nSPS) is 21.6. The molecule has 6 nitrogen and oxygen atoms in total. The smallest absolute Gasteiger partial charge is 0.202 e. The van der Waals surface area contributed by atoms with E-state index in [1.807, 2.05) is 23.6 Å². The summed E-state index contributed by atoms with van der Waals surface area (Å²) in [6.45, 7) is 6.07. The number of imidazole rings is 1. The van der Waals surface area contributed by atoms with E-state index in [-0.39, 0.29) is 0 Å². The summed E-state index contributed by atoms with van der Waals surface area (Å²) < 4.78 is 2.04. The van der Waals surface area contributed by atoms with Crippen LogP contribution in [0, 0.1) is 6.92 Å². The first-order chi connectivity index (χ1) is 9.54. The molecule has 0 radical (unpaired) electrons. The average molecular weight is 274 g/mol. The Morgan fingerprint density at radius 1 is 1.25 bits per heavy atom. The molecule has 1 saturated heterocycles. The number of aryl methyl sites for hydroxylation is 1. The van der Waals surface area contributed by atoms with Gasteiger partial charge in [-0.2, -0.15) is 0 Å². The second kappa shape index (κ2) is 5.03. The van der Waals surface area contributed by atoms with Gasteiger partial charge in [0.25, 0.3) is 0 Å². The van der Waals surface area contributed by atoms with Crippen molar-refractivity contribution in [3.63, 3.8) is 0 Å². The molecule has 0 saturated carbocycles. The number of nitrogen functional groups attached to an aromatic ring is 1. The molecule has 3 heterocycles. The zero-order chi connectivity index (χ0) is 14.3. The van der Waals surface area contributed by atoms with Gasteiger partial charge in [0.15, 0.2) is 5.65 Å². The molecule has 0 amide bonds. The highest BCUT2D eigenvalue weighted by atomic mass is 15.3. The van der Waals surface area contributed by atoms with E-state index in [4.69, 9.17) is 5.73 Å². The number of hydrogen-bond acceptors (Lipinski definition) is 5. The van der Waals surface area contributed by atoms with Crippen molar-refractivity contribution in [3.05, 3.63) is 17.8 Å². The van der Waals surface area contributed by atoms with Crippen LogP contribution in [-0.2, 0) is 6.54 Å². The molecule has 2 aromatic heterocycles. The molecule has 0 aliphatic carbocycles. The highest BCUT2D eigenvalue weighted by Crippen LogP contribution is 2.19. The third kappa shape index (κ3) is 2.36. The van der Waals surface area contributed by atoms with Crippen molar-refractivity contribution in [2.24, 2.45) is 0 Å². The Bertz CT molecular complexity index is 619. The van der Waals surface area contributed by atoms with Gasteiger partial charge in [-0.05, 0) is 33.2 Å². The Morgan fingerprint density at radius 3 is 2.85 bits per heavy atom. The lowest BCUT2D eigenvalue weighted by Gasteiger charge is -2.37. The van der Waals surface area contributed by atoms with Crippen LogP contribution in [0.5, 0.6) is 0 Å². The van der Waals surface area contributed by atoms with E-state index in [0.29, 0.717) is 12.0 Å². The molecule has 2 N–H and O–H groups in total. The Labute approximate surface area is 119 Å². The van der Waals surface area contributed by atoms with Crippen LogP contribution in [0.15, 0.2) is 12.1 Å². The molecule has 2 aromatic rings. The summed E-state index contributed by atoms with van der Waals surface area (Å²) in [5.74, 6) is 0.555. The third-order valence-electron chi connectivity index (χ3n) is 4.13. The summed E-state index contributed by atoms with van der Waals surface area (Å²) >= 11 is 0. The van der Waals surface area contributed by atoms with E-state index in [1.54, 1.807) is 0 Å². The van der Waals surface area contributed by atoms with E-state index < -0.39 is 0 Å². The fraction of sp³-hybridized carbons (Fsp3) is 0.571. The van der Waals surface area contributed by atoms with Crippen molar-refractivity contribution >= 4 is 17.1 Å². The van der Waals surface area contributed by atoms with Gasteiger partial charge in [0.2, 0.25) is 5.95 Å². The van der Waals surface area contributed by atoms with Gasteiger partial charge in [0, 0.05) is 37.9 Å². The third-order valence-corrected chi connectivity index (χ3v) is 4.13. The predicted octanol–water partition coefficient (Wildman–Crippen LogP) is 0.568. The number of rotatable bonds is 2. The van der Waals surface area contributed by atoms with Gasteiger partial charge in [0.1, 0.15) is 5.52 Å². The first-order valence-electron chi connectivity index (χ1n) is 7.03. The molecule has 0 bridgehead atoms. The Morgan fingerprint density at radius 2 is 2.05 bits per heavy atom. The largest absolute Gasteiger partial charge is 0.369 e. The highest BCUT2D eigenvalue weighted by molar-refractivity contribution is 5.74. The standard InChI is InChI=1S/C14H22N6/c1-10-4-5-12-13(16-10)20(14(15)17-12)9-11-8-18(2)6-7-19(11)3/h4-5,11H,6-9H2,1-3H3,(H2,15,17). The van der Waals surface area contributed by atoms with Crippen molar-refractivity contribution in [1.29, 1.82) is 0 Å². The fourth-order valence-corrected chi connectivity index (χ4v) is 2.80. The zero-order valence-corrected chi connectivity index (χ0v) is 12.4. The number of likely N-dealkylation sites (N-methyl/N-ethyl adjacent to an activating group) is 2. The average Bonchev–Trinajstić information content (AvgIpc) is 2.70. The second-order valence-electron chi connectivity index (χ2n) is 5.77. The molecule has 0 spiro atoms. The minimum atomic E-state index is 0.441. The van der Waals surface area contributed by atoms with Crippen LogP contribution >= 0.6 is 0 Å². The number of piperazine rings is 1. The summed E-state index contributed by atoms with van der Waals surface area (Å²) in [7, 11) is 4.34. The number of fused-ring (bicyclic) bond motifs is 1. The maximum atomic E-state index is 6.08. The van der Waals surface area contributed by atoms with Crippen LogP contribution in [-0.4, -0.2) is 64.1 Å². The lowest BCUT2D eigenvalue weighted by atomic mass is 10.2. The monoisotopic (exact) mass is 274 g/mol. The molecule has 108 valence electrons. The molecular weight excluding hydrogens is 252 g/mol. The number of nitrogens with zero attached hydrogens (tertiary/aromatic N) is 5. The Hall–Kier alpha value is -1.66. The summed E-state index contributed by atoms with van der Waals surface area (Å²) in [5.41, 5.74) is 8.84. The summed E-state index contributed by atoms with van der Waals surface area (Å²) in [6.07, 6.45) is 0. The van der Waals surface area contributed by atoms with Gasteiger partial charge >= 0.3 is 0 Å². The van der Waals surface area contributed by atoms with Crippen LogP contribution in [0.2, 0.25) is 0 Å². The van der Waals surface area contributed by atoms with Crippen LogP contribution in [0.3, 0.4) is 0 Å². The van der Waals surface area contributed by atoms with Crippen molar-refractivity contribution in [1.82, 2.24) is 24.3 Å². The van der Waals surface area contributed by atoms with E-state index >= 15 is 0 Å². The number of pyridine rings is 1. The van der Waals surface area contributed by atoms with Crippen LogP contribution in [0.4, 0.5) is 5.95 Å². The summed E-state index contributed by atoms with van der Waals surface area (Å²) in [4.78, 5) is 13.8. The van der Waals surface area contributed by atoms with Gasteiger partial charge in [0.05, 0.1) is 0 Å². The zero-order valence-electron chi connectivity index (χ0n) is 12.4. The molecule has 1 atom stereocenters. The molecule has 1 unspecified atom stereocenters. The van der Waals surface area contributed by atoms with Gasteiger partial charge in [-0.15, -0.1) is 0 Å². The van der Waals surface area contributed by atoms with Crippen molar-refractivity contribution in [2.45, 2.75) is 19.5 Å². The second-order valence-corrected chi connectivity index (χ2v) is 5.77. The molecule has 1 fully saturated rings. The molecule has 20 heavy (non-hydrogen) atoms. The maximum Gasteiger partial charge on any atom is 0.202 e. The number of nitrogens with two attached hydrogens (primary N) is 1. The predicted molar refractivity (Wildman–Crippen MR) is 80.6 cm³/mol. The lowest BCUT2D eigenvalue weighted by Crippen LogP contribution is -2.51. The number of hydrogen-bond donors (Lipinski definition) is 1. The molecule has 3 rings (SSSR count). The SMILES string of the molecule is Cc1ccc2nc(N)n(CC3CN(C)CCN3C)c2n1. The minimum absolute atomic E-state index is 0.441. The minimum Gasteiger partial charge on any atom is -0.369 e. The summed E-state index contributed by atoms with van der Waals surface area (Å²) in [5, 5.41) is 0. The van der Waals surface area contributed by atoms with Crippen LogP contribution < -0.4 is 5.73 Å². The van der Waals surface area contributed by atoms with Crippen LogP contribution in [0.1, 0.15) is 5.69 Å². The Kier molecular flexibility index (Phi) is 3.35. The van der Waals surface area contributed by atoms with Gasteiger partial charge in [-0.1, -0.05) is 0 Å². The molecule has 6 heteroatoms. The van der Waals surface area contributed by atoms with E-state index in [2.05, 4.69) is 33.9 Å². The topological polar surface area (TPSA) is 63.2 Å². The maximum absolute atomic E-state index is 6.08. The molecule has 0 aromatic carbocycles. The number of anilines is 1. The van der Waals surface area contributed by atoms with Gasteiger partial charge < -0.3 is 10.6 Å². The molecule has 1 aliphatic rings. The molecular formula is C14H22N6. The van der Waals surface area contributed by atoms with Crippen molar-refractivity contribution in [2.75, 3.05) is 39.5 Å². The highest BCUT2D eigenvalue weighted by Gasteiger charge is 2.24. The first kappa shape index (κ1) is 13.3. The quantitative estimate of drug-likeness (QED) is 0.867. The van der Waals surface area contributed by atoms with E-state index in [1.165, 1.54) is 0 Å². The summed E-state index contributed by atoms with van der Waals surface area (Å²) in [6, 6.07) is 4.40. The fourth-order valence-electron chi connectivity index (χ4n) is 2.80. The first-order valence-corrected chi connectivity index (χ1v) is 7.03. The van der Waals surface area contributed by atoms with Gasteiger partial charge in [-0.25, -0.2) is 9.97 Å². The molecule has 1 aliphatic heterocycles. The van der Waals surface area contributed by atoms with E-state index in [0.717, 1.165) is 43.0 Å². The van der Waals surface area contributed by atoms with Crippen molar-refractivity contribution < 1.29 is 0 Å². The van der Waals surface area contributed by atoms with Gasteiger partial charge in [-0.3, -0.25) is 9.47 Å². The number of aromatic nitrogens is 3. The van der Waals surface area contributed by atoms with E-state index in [9.17, 15) is 0 Å². The van der Waals surface area contributed by atoms with Crippen LogP contribution in [0.25, 0.3) is 11.2 Å².